The number of aryl methyl sites for hydroxylation is 2. The van der Waals surface area contributed by atoms with Gasteiger partial charge in [0, 0.05) is 0 Å². The lowest BCUT2D eigenvalue weighted by molar-refractivity contribution is -0.136. The Morgan fingerprint density at radius 3 is 2.62 bits per heavy atom. The van der Waals surface area contributed by atoms with Gasteiger partial charge in [-0.1, -0.05) is 13.3 Å². The van der Waals surface area contributed by atoms with Crippen molar-refractivity contribution in [1.82, 2.24) is 20.5 Å². The average molecular weight is 362 g/mol. The van der Waals surface area contributed by atoms with Gasteiger partial charge < -0.3 is 15.1 Å². The molecule has 1 saturated heterocycles. The molecule has 1 saturated carbocycles. The zero-order valence-corrected chi connectivity index (χ0v) is 15.6. The van der Waals surface area contributed by atoms with Crippen LogP contribution in [0.2, 0.25) is 0 Å². The Morgan fingerprint density at radius 1 is 1.35 bits per heavy atom. The largest absolute Gasteiger partial charge is 0.444 e. The lowest BCUT2D eigenvalue weighted by Crippen LogP contribution is -2.50. The summed E-state index contributed by atoms with van der Waals surface area (Å²) >= 11 is 0. The van der Waals surface area contributed by atoms with E-state index in [0.717, 1.165) is 29.9 Å². The number of hydrogen-bond acceptors (Lipinski definition) is 5. The summed E-state index contributed by atoms with van der Waals surface area (Å²) in [6.45, 7) is 5.60. The molecule has 1 aromatic rings. The van der Waals surface area contributed by atoms with Crippen LogP contribution in [0.25, 0.3) is 0 Å². The molecule has 0 radical (unpaired) electrons. The SMILES string of the molecule is CCC1CCC2(CC1)NC(=O)N(CC(=O)NCc1nc(C)c(C)o1)C2=O. The molecule has 2 heterocycles. The molecule has 26 heavy (non-hydrogen) atoms. The van der Waals surface area contributed by atoms with Crippen LogP contribution in [-0.4, -0.2) is 39.8 Å². The normalized spacial score (nSPS) is 25.7. The minimum Gasteiger partial charge on any atom is -0.444 e. The van der Waals surface area contributed by atoms with Crippen molar-refractivity contribution in [2.75, 3.05) is 6.54 Å². The maximum absolute atomic E-state index is 12.8. The molecule has 0 aromatic carbocycles. The number of rotatable bonds is 5. The number of hydrogen-bond donors (Lipinski definition) is 2. The molecule has 2 N–H and O–H groups in total. The number of urea groups is 1. The van der Waals surface area contributed by atoms with E-state index in [1.165, 1.54) is 0 Å². The molecule has 1 spiro atoms. The molecule has 1 aliphatic heterocycles. The van der Waals surface area contributed by atoms with Gasteiger partial charge in [0.2, 0.25) is 11.8 Å². The smallest absolute Gasteiger partial charge is 0.325 e. The quantitative estimate of drug-likeness (QED) is 0.777. The van der Waals surface area contributed by atoms with E-state index in [9.17, 15) is 14.4 Å². The van der Waals surface area contributed by atoms with E-state index in [1.807, 2.05) is 6.92 Å². The Bertz CT molecular complexity index is 699. The van der Waals surface area contributed by atoms with E-state index >= 15 is 0 Å². The van der Waals surface area contributed by atoms with Crippen LogP contribution in [0.1, 0.15) is 56.4 Å². The first-order valence-electron chi connectivity index (χ1n) is 9.18. The molecule has 2 aliphatic rings. The number of aromatic nitrogens is 1. The zero-order chi connectivity index (χ0) is 18.9. The Kier molecular flexibility index (Phi) is 5.02. The van der Waals surface area contributed by atoms with Gasteiger partial charge >= 0.3 is 6.03 Å². The highest BCUT2D eigenvalue weighted by Gasteiger charge is 2.52. The first kappa shape index (κ1) is 18.4. The fourth-order valence-electron chi connectivity index (χ4n) is 3.73. The third-order valence-electron chi connectivity index (χ3n) is 5.59. The minimum atomic E-state index is -0.820. The van der Waals surface area contributed by atoms with Gasteiger partial charge in [0.25, 0.3) is 5.91 Å². The van der Waals surface area contributed by atoms with Crippen LogP contribution in [0.4, 0.5) is 4.79 Å². The highest BCUT2D eigenvalue weighted by atomic mass is 16.4. The molecule has 0 unspecified atom stereocenters. The minimum absolute atomic E-state index is 0.125. The lowest BCUT2D eigenvalue weighted by Gasteiger charge is -2.34. The van der Waals surface area contributed by atoms with Crippen LogP contribution in [0, 0.1) is 19.8 Å². The molecular formula is C18H26N4O4. The van der Waals surface area contributed by atoms with Crippen LogP contribution < -0.4 is 10.6 Å². The van der Waals surface area contributed by atoms with Crippen molar-refractivity contribution in [2.24, 2.45) is 5.92 Å². The molecule has 0 atom stereocenters. The average Bonchev–Trinajstić information content (AvgIpc) is 3.05. The summed E-state index contributed by atoms with van der Waals surface area (Å²) in [5, 5.41) is 5.48. The number of nitrogens with zero attached hydrogens (tertiary/aromatic N) is 2. The van der Waals surface area contributed by atoms with Crippen LogP contribution in [0.5, 0.6) is 0 Å². The van der Waals surface area contributed by atoms with Crippen LogP contribution in [0.15, 0.2) is 4.42 Å². The van der Waals surface area contributed by atoms with Crippen molar-refractivity contribution in [2.45, 2.75) is 65.0 Å². The Morgan fingerprint density at radius 2 is 2.04 bits per heavy atom. The summed E-state index contributed by atoms with van der Waals surface area (Å²) in [7, 11) is 0. The second-order valence-corrected chi connectivity index (χ2v) is 7.28. The van der Waals surface area contributed by atoms with Crippen LogP contribution >= 0.6 is 0 Å². The molecule has 0 bridgehead atoms. The van der Waals surface area contributed by atoms with E-state index in [4.69, 9.17) is 4.42 Å². The number of carbonyl (C=O) groups excluding carboxylic acids is 3. The van der Waals surface area contributed by atoms with Gasteiger partial charge in [-0.25, -0.2) is 9.78 Å². The van der Waals surface area contributed by atoms with Crippen molar-refractivity contribution >= 4 is 17.8 Å². The zero-order valence-electron chi connectivity index (χ0n) is 15.6. The Hall–Kier alpha value is -2.38. The summed E-state index contributed by atoms with van der Waals surface area (Å²) in [6, 6.07) is -0.483. The summed E-state index contributed by atoms with van der Waals surface area (Å²) in [4.78, 5) is 42.4. The summed E-state index contributed by atoms with van der Waals surface area (Å²) in [5.41, 5.74) is -0.0483. The molecule has 8 nitrogen and oxygen atoms in total. The second-order valence-electron chi connectivity index (χ2n) is 7.28. The summed E-state index contributed by atoms with van der Waals surface area (Å²) < 4.78 is 5.40. The van der Waals surface area contributed by atoms with E-state index in [2.05, 4.69) is 22.5 Å². The predicted octanol–water partition coefficient (Wildman–Crippen LogP) is 1.80. The number of amides is 4. The van der Waals surface area contributed by atoms with E-state index in [1.54, 1.807) is 6.92 Å². The molecule has 3 rings (SSSR count). The molecule has 142 valence electrons. The lowest BCUT2D eigenvalue weighted by atomic mass is 9.75. The predicted molar refractivity (Wildman–Crippen MR) is 93.0 cm³/mol. The third kappa shape index (κ3) is 3.45. The fraction of sp³-hybridized carbons (Fsp3) is 0.667. The van der Waals surface area contributed by atoms with Gasteiger partial charge in [-0.15, -0.1) is 0 Å². The Labute approximate surface area is 152 Å². The molecule has 8 heteroatoms. The standard InChI is InChI=1S/C18H26N4O4/c1-4-13-5-7-18(8-6-13)16(24)22(17(25)21-18)10-14(23)19-9-15-20-11(2)12(3)26-15/h13H,4-10H2,1-3H3,(H,19,23)(H,21,25). The van der Waals surface area contributed by atoms with E-state index < -0.39 is 17.5 Å². The first-order chi connectivity index (χ1) is 12.3. The third-order valence-corrected chi connectivity index (χ3v) is 5.59. The van der Waals surface area contributed by atoms with Gasteiger partial charge in [-0.3, -0.25) is 14.5 Å². The van der Waals surface area contributed by atoms with Crippen molar-refractivity contribution in [3.63, 3.8) is 0 Å². The first-order valence-corrected chi connectivity index (χ1v) is 9.18. The molecule has 1 aromatic heterocycles. The fourth-order valence-corrected chi connectivity index (χ4v) is 3.73. The maximum atomic E-state index is 12.8. The topological polar surface area (TPSA) is 105 Å². The summed E-state index contributed by atoms with van der Waals surface area (Å²) in [5.74, 6) is 1.01. The van der Waals surface area contributed by atoms with Crippen LogP contribution in [0.3, 0.4) is 0 Å². The maximum Gasteiger partial charge on any atom is 0.325 e. The van der Waals surface area contributed by atoms with Gasteiger partial charge in [0.05, 0.1) is 12.2 Å². The second kappa shape index (κ2) is 7.09. The van der Waals surface area contributed by atoms with Crippen molar-refractivity contribution in [3.05, 3.63) is 17.3 Å². The highest BCUT2D eigenvalue weighted by Crippen LogP contribution is 2.37. The van der Waals surface area contributed by atoms with Crippen molar-refractivity contribution in [1.29, 1.82) is 0 Å². The molecule has 4 amide bonds. The monoisotopic (exact) mass is 362 g/mol. The van der Waals surface area contributed by atoms with Gasteiger partial charge in [-0.2, -0.15) is 0 Å². The Balaban J connectivity index is 1.56. The number of imide groups is 1. The number of carbonyl (C=O) groups is 3. The van der Waals surface area contributed by atoms with Gasteiger partial charge in [0.15, 0.2) is 0 Å². The van der Waals surface area contributed by atoms with Crippen LogP contribution in [-0.2, 0) is 16.1 Å². The molecule has 2 fully saturated rings. The van der Waals surface area contributed by atoms with E-state index in [0.29, 0.717) is 30.4 Å². The van der Waals surface area contributed by atoms with Crippen molar-refractivity contribution in [3.8, 4) is 0 Å². The van der Waals surface area contributed by atoms with E-state index in [-0.39, 0.29) is 19.0 Å². The number of oxazole rings is 1. The van der Waals surface area contributed by atoms with Crippen molar-refractivity contribution < 1.29 is 18.8 Å². The van der Waals surface area contributed by atoms with Gasteiger partial charge in [0.1, 0.15) is 17.8 Å². The molecule has 1 aliphatic carbocycles. The number of nitrogens with one attached hydrogen (secondary N) is 2. The van der Waals surface area contributed by atoms with Gasteiger partial charge in [-0.05, 0) is 45.4 Å². The molecular weight excluding hydrogens is 336 g/mol. The highest BCUT2D eigenvalue weighted by molar-refractivity contribution is 6.09. The summed E-state index contributed by atoms with van der Waals surface area (Å²) in [6.07, 6.45) is 4.22.